The van der Waals surface area contributed by atoms with Gasteiger partial charge in [-0.25, -0.2) is 9.59 Å². The van der Waals surface area contributed by atoms with E-state index in [9.17, 15) is 14.2 Å². The topological polar surface area (TPSA) is 88.1 Å². The molecule has 208 valence electrons. The van der Waals surface area contributed by atoms with Crippen LogP contribution < -0.4 is 18.9 Å². The monoisotopic (exact) mass is 545 g/mol. The molecule has 0 unspecified atom stereocenters. The molecule has 2 aromatic rings. The van der Waals surface area contributed by atoms with Crippen molar-refractivity contribution in [2.24, 2.45) is 0 Å². The minimum absolute atomic E-state index is 0.0343. The van der Waals surface area contributed by atoms with Crippen molar-refractivity contribution in [2.45, 2.75) is 79.1 Å². The maximum atomic E-state index is 13.7. The van der Waals surface area contributed by atoms with Gasteiger partial charge < -0.3 is 18.9 Å². The second-order valence-corrected chi connectivity index (χ2v) is 10.4. The molecule has 0 N–H and O–H groups in total. The molecular weight excluding hydrogens is 503 g/mol. The molecule has 0 fully saturated rings. The van der Waals surface area contributed by atoms with Crippen molar-refractivity contribution in [3.05, 3.63) is 47.5 Å². The molecule has 0 spiro atoms. The summed E-state index contributed by atoms with van der Waals surface area (Å²) in [5.74, 6) is 1.06. The Labute approximate surface area is 228 Å². The van der Waals surface area contributed by atoms with Crippen LogP contribution in [0.15, 0.2) is 36.4 Å². The van der Waals surface area contributed by atoms with Gasteiger partial charge in [0, 0.05) is 0 Å². The fraction of sp³-hybridized carbons (Fsp3) is 0.533. The van der Waals surface area contributed by atoms with Crippen molar-refractivity contribution in [2.75, 3.05) is 26.4 Å². The van der Waals surface area contributed by atoms with Gasteiger partial charge in [0.15, 0.2) is 11.1 Å². The van der Waals surface area contributed by atoms with E-state index in [1.165, 1.54) is 0 Å². The number of benzene rings is 2. The Morgan fingerprint density at radius 2 is 0.816 bits per heavy atom. The third-order valence-corrected chi connectivity index (χ3v) is 6.98. The van der Waals surface area contributed by atoms with Gasteiger partial charge >= 0.3 is 18.8 Å². The van der Waals surface area contributed by atoms with Gasteiger partial charge in [0.25, 0.3) is 0 Å². The standard InChI is InChI=1S/C30H42O7P/c1-5-9-19-34-23-15-13-16-24(35-20-10-6-2)27(23)29(31)38(33)30(32)28-25(36-21-11-7-3)17-14-18-26(28)37-22-12-8-4/h13-18H,5-12,19-22H2,1-4H3/q+1. The van der Waals surface area contributed by atoms with Crippen molar-refractivity contribution < 1.29 is 33.1 Å². The van der Waals surface area contributed by atoms with Crippen molar-refractivity contribution in [3.63, 3.8) is 0 Å². The van der Waals surface area contributed by atoms with E-state index in [4.69, 9.17) is 18.9 Å². The number of hydrogen-bond donors (Lipinski definition) is 0. The predicted octanol–water partition coefficient (Wildman–Crippen LogP) is 8.21. The summed E-state index contributed by atoms with van der Waals surface area (Å²) in [6.45, 7) is 9.72. The van der Waals surface area contributed by atoms with Crippen molar-refractivity contribution >= 4 is 18.8 Å². The van der Waals surface area contributed by atoms with Crippen LogP contribution in [0.1, 0.15) is 99.8 Å². The van der Waals surface area contributed by atoms with Gasteiger partial charge in [-0.3, -0.25) is 0 Å². The summed E-state index contributed by atoms with van der Waals surface area (Å²) in [5.41, 5.74) is -1.59. The molecule has 0 aliphatic heterocycles. The highest BCUT2D eigenvalue weighted by molar-refractivity contribution is 7.80. The van der Waals surface area contributed by atoms with Gasteiger partial charge in [-0.15, -0.1) is 0 Å². The summed E-state index contributed by atoms with van der Waals surface area (Å²) in [7, 11) is -3.04. The van der Waals surface area contributed by atoms with E-state index in [1.54, 1.807) is 36.4 Å². The Hall–Kier alpha value is -2.92. The Morgan fingerprint density at radius 1 is 0.553 bits per heavy atom. The van der Waals surface area contributed by atoms with Gasteiger partial charge in [0.05, 0.1) is 26.4 Å². The first-order valence-corrected chi connectivity index (χ1v) is 15.1. The zero-order valence-corrected chi connectivity index (χ0v) is 24.1. The third-order valence-electron chi connectivity index (χ3n) is 5.79. The lowest BCUT2D eigenvalue weighted by molar-refractivity contribution is 0.103. The number of hydrogen-bond acceptors (Lipinski definition) is 7. The Kier molecular flexibility index (Phi) is 14.5. The maximum Gasteiger partial charge on any atom is 0.502 e. The molecule has 0 heterocycles. The van der Waals surface area contributed by atoms with E-state index < -0.39 is 18.8 Å². The fourth-order valence-electron chi connectivity index (χ4n) is 3.53. The normalized spacial score (nSPS) is 10.6. The van der Waals surface area contributed by atoms with E-state index in [0.717, 1.165) is 51.4 Å². The predicted molar refractivity (Wildman–Crippen MR) is 151 cm³/mol. The summed E-state index contributed by atoms with van der Waals surface area (Å²) in [6.07, 6.45) is 6.83. The second-order valence-electron chi connectivity index (χ2n) is 8.97. The van der Waals surface area contributed by atoms with E-state index in [1.807, 2.05) is 27.7 Å². The molecule has 0 atom stereocenters. The molecule has 0 saturated carbocycles. The van der Waals surface area contributed by atoms with Crippen LogP contribution in [-0.2, 0) is 4.57 Å². The van der Waals surface area contributed by atoms with Crippen LogP contribution in [0.4, 0.5) is 0 Å². The van der Waals surface area contributed by atoms with Crippen LogP contribution in [0.25, 0.3) is 0 Å². The lowest BCUT2D eigenvalue weighted by Crippen LogP contribution is -2.11. The first-order chi connectivity index (χ1) is 18.5. The minimum Gasteiger partial charge on any atom is -0.493 e. The number of unbranched alkanes of at least 4 members (excludes halogenated alkanes) is 4. The Balaban J connectivity index is 2.46. The summed E-state index contributed by atoms with van der Waals surface area (Å²) < 4.78 is 37.1. The smallest absolute Gasteiger partial charge is 0.493 e. The van der Waals surface area contributed by atoms with Crippen LogP contribution in [-0.4, -0.2) is 37.5 Å². The van der Waals surface area contributed by atoms with Gasteiger partial charge in [-0.2, -0.15) is 0 Å². The molecule has 0 aromatic heterocycles. The van der Waals surface area contributed by atoms with Crippen LogP contribution in [0.2, 0.25) is 0 Å². The molecule has 7 nitrogen and oxygen atoms in total. The largest absolute Gasteiger partial charge is 0.502 e. The molecule has 0 aliphatic rings. The van der Waals surface area contributed by atoms with Crippen LogP contribution in [0.5, 0.6) is 23.0 Å². The van der Waals surface area contributed by atoms with Crippen LogP contribution in [0, 0.1) is 0 Å². The van der Waals surface area contributed by atoms with E-state index in [0.29, 0.717) is 26.4 Å². The average molecular weight is 546 g/mol. The zero-order chi connectivity index (χ0) is 27.8. The molecule has 8 heteroatoms. The number of rotatable bonds is 20. The van der Waals surface area contributed by atoms with Crippen LogP contribution in [0.3, 0.4) is 0 Å². The Morgan fingerprint density at radius 3 is 1.05 bits per heavy atom. The van der Waals surface area contributed by atoms with Crippen LogP contribution >= 0.6 is 7.80 Å². The van der Waals surface area contributed by atoms with E-state index >= 15 is 0 Å². The molecule has 0 amide bonds. The zero-order valence-electron chi connectivity index (χ0n) is 23.3. The number of carbonyl (C=O) groups excluding carboxylic acids is 2. The minimum atomic E-state index is -3.04. The molecule has 2 rings (SSSR count). The van der Waals surface area contributed by atoms with Crippen molar-refractivity contribution in [1.82, 2.24) is 0 Å². The summed E-state index contributed by atoms with van der Waals surface area (Å²) in [5, 5.41) is 0. The average Bonchev–Trinajstić information content (AvgIpc) is 2.93. The first-order valence-electron chi connectivity index (χ1n) is 13.8. The highest BCUT2D eigenvalue weighted by atomic mass is 31.1. The molecular formula is C30H42O7P+. The lowest BCUT2D eigenvalue weighted by atomic mass is 10.2. The molecule has 0 aliphatic carbocycles. The third kappa shape index (κ3) is 9.13. The van der Waals surface area contributed by atoms with Crippen molar-refractivity contribution in [3.8, 4) is 23.0 Å². The van der Waals surface area contributed by atoms with Gasteiger partial charge in [0.1, 0.15) is 23.0 Å². The molecule has 2 aromatic carbocycles. The van der Waals surface area contributed by atoms with Crippen molar-refractivity contribution in [1.29, 1.82) is 0 Å². The van der Waals surface area contributed by atoms with Gasteiger partial charge in [-0.05, 0) is 49.9 Å². The summed E-state index contributed by atoms with van der Waals surface area (Å²) >= 11 is 0. The Bertz CT molecular complexity index is 913. The summed E-state index contributed by atoms with van der Waals surface area (Å²) in [6, 6.07) is 10.0. The SMILES string of the molecule is CCCCOc1cccc(OCCCC)c1C(=O)[P+](=O)C(=O)c1c(OCCCC)cccc1OCCCC. The fourth-order valence-corrected chi connectivity index (χ4v) is 4.56. The molecule has 0 saturated heterocycles. The highest BCUT2D eigenvalue weighted by Gasteiger charge is 2.46. The van der Waals surface area contributed by atoms with Gasteiger partial charge in [-0.1, -0.05) is 70.1 Å². The molecule has 38 heavy (non-hydrogen) atoms. The highest BCUT2D eigenvalue weighted by Crippen LogP contribution is 2.43. The second kappa shape index (κ2) is 17.6. The molecule has 0 bridgehead atoms. The van der Waals surface area contributed by atoms with E-state index in [-0.39, 0.29) is 34.1 Å². The molecule has 0 radical (unpaired) electrons. The maximum absolute atomic E-state index is 13.7. The van der Waals surface area contributed by atoms with E-state index in [2.05, 4.69) is 0 Å². The number of ether oxygens (including phenoxy) is 4. The lowest BCUT2D eigenvalue weighted by Gasteiger charge is -2.14. The summed E-state index contributed by atoms with van der Waals surface area (Å²) in [4.78, 5) is 27.3. The number of carbonyl (C=O) groups is 2. The quantitative estimate of drug-likeness (QED) is 0.122. The first kappa shape index (κ1) is 31.3. The van der Waals surface area contributed by atoms with Gasteiger partial charge in [0.2, 0.25) is 0 Å².